The Labute approximate surface area is 120 Å². The van der Waals surface area contributed by atoms with Gasteiger partial charge in [-0.2, -0.15) is 0 Å². The highest BCUT2D eigenvalue weighted by Gasteiger charge is 2.21. The Kier molecular flexibility index (Phi) is 5.17. The summed E-state index contributed by atoms with van der Waals surface area (Å²) in [5, 5.41) is 3.90. The maximum atomic E-state index is 12.0. The number of aromatic nitrogens is 1. The Morgan fingerprint density at radius 1 is 1.35 bits per heavy atom. The molecule has 1 saturated heterocycles. The summed E-state index contributed by atoms with van der Waals surface area (Å²) in [6.45, 7) is 10.5. The molecule has 0 aromatic carbocycles. The van der Waals surface area contributed by atoms with Crippen LogP contribution >= 0.6 is 0 Å². The fraction of sp³-hybridized carbons (Fsp3) is 0.733. The van der Waals surface area contributed by atoms with Crippen LogP contribution in [0.15, 0.2) is 10.6 Å². The molecule has 2 rings (SSSR count). The van der Waals surface area contributed by atoms with Crippen molar-refractivity contribution in [3.05, 3.63) is 17.5 Å². The SMILES string of the molecule is Cc1cc(CN2CCN(C(=O)CCC(C)C)CC2)on1. The zero-order valence-electron chi connectivity index (χ0n) is 12.8. The van der Waals surface area contributed by atoms with E-state index in [-0.39, 0.29) is 0 Å². The van der Waals surface area contributed by atoms with Crippen LogP contribution in [0.1, 0.15) is 38.1 Å². The molecule has 1 aliphatic rings. The summed E-state index contributed by atoms with van der Waals surface area (Å²) in [4.78, 5) is 16.4. The molecule has 1 fully saturated rings. The van der Waals surface area contributed by atoms with Crippen molar-refractivity contribution >= 4 is 5.91 Å². The van der Waals surface area contributed by atoms with Crippen LogP contribution in [-0.2, 0) is 11.3 Å². The summed E-state index contributed by atoms with van der Waals surface area (Å²) in [6, 6.07) is 1.97. The number of amides is 1. The minimum Gasteiger partial charge on any atom is -0.360 e. The van der Waals surface area contributed by atoms with Gasteiger partial charge in [0.15, 0.2) is 5.76 Å². The third-order valence-corrected chi connectivity index (χ3v) is 3.72. The minimum atomic E-state index is 0.300. The first-order chi connectivity index (χ1) is 9.54. The highest BCUT2D eigenvalue weighted by atomic mass is 16.5. The first kappa shape index (κ1) is 15.0. The average molecular weight is 279 g/mol. The third kappa shape index (κ3) is 4.34. The minimum absolute atomic E-state index is 0.300. The summed E-state index contributed by atoms with van der Waals surface area (Å²) in [5.41, 5.74) is 0.919. The molecule has 0 bridgehead atoms. The van der Waals surface area contributed by atoms with Crippen molar-refractivity contribution in [2.45, 2.75) is 40.2 Å². The molecule has 1 amide bonds. The molecule has 0 unspecified atom stereocenters. The second-order valence-corrected chi connectivity index (χ2v) is 6.02. The summed E-state index contributed by atoms with van der Waals surface area (Å²) < 4.78 is 5.23. The van der Waals surface area contributed by atoms with E-state index < -0.39 is 0 Å². The molecule has 2 heterocycles. The average Bonchev–Trinajstić information content (AvgIpc) is 2.82. The van der Waals surface area contributed by atoms with E-state index in [4.69, 9.17) is 4.52 Å². The van der Waals surface area contributed by atoms with Crippen LogP contribution in [0.2, 0.25) is 0 Å². The van der Waals surface area contributed by atoms with Crippen molar-refractivity contribution in [3.63, 3.8) is 0 Å². The zero-order valence-corrected chi connectivity index (χ0v) is 12.8. The Balaban J connectivity index is 1.73. The van der Waals surface area contributed by atoms with Gasteiger partial charge in [0.1, 0.15) is 0 Å². The van der Waals surface area contributed by atoms with Gasteiger partial charge in [-0.15, -0.1) is 0 Å². The molecule has 20 heavy (non-hydrogen) atoms. The highest BCUT2D eigenvalue weighted by Crippen LogP contribution is 2.12. The monoisotopic (exact) mass is 279 g/mol. The molecular weight excluding hydrogens is 254 g/mol. The Morgan fingerprint density at radius 3 is 2.60 bits per heavy atom. The number of rotatable bonds is 5. The van der Waals surface area contributed by atoms with Gasteiger partial charge < -0.3 is 9.42 Å². The van der Waals surface area contributed by atoms with Gasteiger partial charge in [-0.1, -0.05) is 19.0 Å². The molecule has 0 saturated carbocycles. The molecule has 0 radical (unpaired) electrons. The van der Waals surface area contributed by atoms with Crippen molar-refractivity contribution in [2.24, 2.45) is 5.92 Å². The van der Waals surface area contributed by atoms with E-state index in [2.05, 4.69) is 23.9 Å². The first-order valence-corrected chi connectivity index (χ1v) is 7.47. The van der Waals surface area contributed by atoms with Crippen LogP contribution in [0, 0.1) is 12.8 Å². The molecule has 5 nitrogen and oxygen atoms in total. The number of carbonyl (C=O) groups excluding carboxylic acids is 1. The lowest BCUT2D eigenvalue weighted by molar-refractivity contribution is -0.133. The van der Waals surface area contributed by atoms with Crippen molar-refractivity contribution in [1.82, 2.24) is 15.0 Å². The molecular formula is C15H25N3O2. The number of hydrogen-bond donors (Lipinski definition) is 0. The van der Waals surface area contributed by atoms with E-state index in [0.29, 0.717) is 18.2 Å². The van der Waals surface area contributed by atoms with E-state index in [1.54, 1.807) is 0 Å². The van der Waals surface area contributed by atoms with E-state index in [0.717, 1.165) is 50.6 Å². The zero-order chi connectivity index (χ0) is 14.5. The maximum absolute atomic E-state index is 12.0. The first-order valence-electron chi connectivity index (χ1n) is 7.47. The summed E-state index contributed by atoms with van der Waals surface area (Å²) in [5.74, 6) is 1.80. The third-order valence-electron chi connectivity index (χ3n) is 3.72. The summed E-state index contributed by atoms with van der Waals surface area (Å²) >= 11 is 0. The van der Waals surface area contributed by atoms with E-state index in [1.807, 2.05) is 17.9 Å². The highest BCUT2D eigenvalue weighted by molar-refractivity contribution is 5.76. The lowest BCUT2D eigenvalue weighted by Gasteiger charge is -2.34. The molecule has 0 spiro atoms. The van der Waals surface area contributed by atoms with Crippen molar-refractivity contribution in [2.75, 3.05) is 26.2 Å². The van der Waals surface area contributed by atoms with Crippen molar-refractivity contribution in [1.29, 1.82) is 0 Å². The van der Waals surface area contributed by atoms with Gasteiger partial charge in [-0.05, 0) is 19.3 Å². The lowest BCUT2D eigenvalue weighted by Crippen LogP contribution is -2.48. The topological polar surface area (TPSA) is 49.6 Å². The van der Waals surface area contributed by atoms with Crippen LogP contribution in [0.3, 0.4) is 0 Å². The van der Waals surface area contributed by atoms with Gasteiger partial charge >= 0.3 is 0 Å². The van der Waals surface area contributed by atoms with Gasteiger partial charge in [0.25, 0.3) is 0 Å². The summed E-state index contributed by atoms with van der Waals surface area (Å²) in [6.07, 6.45) is 1.66. The van der Waals surface area contributed by atoms with E-state index in [9.17, 15) is 4.79 Å². The van der Waals surface area contributed by atoms with Gasteiger partial charge in [0.2, 0.25) is 5.91 Å². The van der Waals surface area contributed by atoms with E-state index >= 15 is 0 Å². The normalized spacial score (nSPS) is 16.9. The molecule has 5 heteroatoms. The van der Waals surface area contributed by atoms with Crippen molar-refractivity contribution < 1.29 is 9.32 Å². The predicted octanol–water partition coefficient (Wildman–Crippen LogP) is 2.06. The molecule has 0 atom stereocenters. The Morgan fingerprint density at radius 2 is 2.05 bits per heavy atom. The number of carbonyl (C=O) groups is 1. The lowest BCUT2D eigenvalue weighted by atomic mass is 10.1. The van der Waals surface area contributed by atoms with Crippen LogP contribution in [-0.4, -0.2) is 47.0 Å². The second kappa shape index (κ2) is 6.88. The molecule has 1 aromatic heterocycles. The molecule has 1 aliphatic heterocycles. The molecule has 0 aliphatic carbocycles. The van der Waals surface area contributed by atoms with Crippen molar-refractivity contribution in [3.8, 4) is 0 Å². The second-order valence-electron chi connectivity index (χ2n) is 6.02. The Bertz CT molecular complexity index is 434. The maximum Gasteiger partial charge on any atom is 0.222 e. The quantitative estimate of drug-likeness (QED) is 0.828. The largest absolute Gasteiger partial charge is 0.360 e. The molecule has 112 valence electrons. The standard InChI is InChI=1S/C15H25N3O2/c1-12(2)4-5-15(19)18-8-6-17(7-9-18)11-14-10-13(3)16-20-14/h10,12H,4-9,11H2,1-3H3. The number of aryl methyl sites for hydroxylation is 1. The van der Waals surface area contributed by atoms with Gasteiger partial charge in [-0.25, -0.2) is 0 Å². The number of piperazine rings is 1. The fourth-order valence-corrected chi connectivity index (χ4v) is 2.44. The smallest absolute Gasteiger partial charge is 0.222 e. The Hall–Kier alpha value is -1.36. The van der Waals surface area contributed by atoms with Crippen LogP contribution < -0.4 is 0 Å². The predicted molar refractivity (Wildman–Crippen MR) is 77.2 cm³/mol. The van der Waals surface area contributed by atoms with Gasteiger partial charge in [0.05, 0.1) is 12.2 Å². The van der Waals surface area contributed by atoms with Crippen LogP contribution in [0.4, 0.5) is 0 Å². The molecule has 1 aromatic rings. The number of nitrogens with zero attached hydrogens (tertiary/aromatic N) is 3. The van der Waals surface area contributed by atoms with Gasteiger partial charge in [-0.3, -0.25) is 9.69 Å². The van der Waals surface area contributed by atoms with Crippen LogP contribution in [0.5, 0.6) is 0 Å². The number of hydrogen-bond acceptors (Lipinski definition) is 4. The summed E-state index contributed by atoms with van der Waals surface area (Å²) in [7, 11) is 0. The van der Waals surface area contributed by atoms with E-state index in [1.165, 1.54) is 0 Å². The van der Waals surface area contributed by atoms with Gasteiger partial charge in [0, 0.05) is 38.7 Å². The molecule has 0 N–H and O–H groups in total. The van der Waals surface area contributed by atoms with Crippen LogP contribution in [0.25, 0.3) is 0 Å². The fourth-order valence-electron chi connectivity index (χ4n) is 2.44.